The molecule has 3 nitrogen and oxygen atoms in total. The number of aromatic nitrogens is 2. The highest BCUT2D eigenvalue weighted by Gasteiger charge is 2.04. The maximum Gasteiger partial charge on any atom is 0.183 e. The van der Waals surface area contributed by atoms with Crippen molar-refractivity contribution in [1.82, 2.24) is 10.2 Å². The Morgan fingerprint density at radius 2 is 1.80 bits per heavy atom. The van der Waals surface area contributed by atoms with Crippen LogP contribution >= 0.6 is 27.3 Å². The number of rotatable bonds is 2. The average molecular weight is 284 g/mol. The monoisotopic (exact) mass is 283 g/mol. The highest BCUT2D eigenvalue weighted by Crippen LogP contribution is 2.27. The minimum atomic E-state index is 0.814. The van der Waals surface area contributed by atoms with Crippen molar-refractivity contribution in [3.8, 4) is 10.6 Å². The largest absolute Gasteiger partial charge is 0.378 e. The zero-order valence-electron chi connectivity index (χ0n) is 8.44. The molecule has 0 radical (unpaired) electrons. The molecule has 15 heavy (non-hydrogen) atoms. The van der Waals surface area contributed by atoms with Crippen LogP contribution in [0.3, 0.4) is 0 Å². The van der Waals surface area contributed by atoms with Crippen LogP contribution in [0.2, 0.25) is 0 Å². The highest BCUT2D eigenvalue weighted by molar-refractivity contribution is 9.11. The van der Waals surface area contributed by atoms with Gasteiger partial charge in [-0.25, -0.2) is 0 Å². The van der Waals surface area contributed by atoms with Crippen molar-refractivity contribution in [3.05, 3.63) is 28.2 Å². The summed E-state index contributed by atoms with van der Waals surface area (Å²) in [5.74, 6) is 0. The second-order valence-electron chi connectivity index (χ2n) is 3.30. The van der Waals surface area contributed by atoms with Crippen LogP contribution < -0.4 is 4.90 Å². The highest BCUT2D eigenvalue weighted by atomic mass is 79.9. The van der Waals surface area contributed by atoms with Crippen LogP contribution in [0.15, 0.2) is 28.2 Å². The van der Waals surface area contributed by atoms with E-state index in [9.17, 15) is 0 Å². The van der Waals surface area contributed by atoms with E-state index in [-0.39, 0.29) is 0 Å². The van der Waals surface area contributed by atoms with Gasteiger partial charge < -0.3 is 4.90 Å². The maximum atomic E-state index is 4.07. The van der Waals surface area contributed by atoms with Gasteiger partial charge in [-0.3, -0.25) is 0 Å². The van der Waals surface area contributed by atoms with E-state index >= 15 is 0 Å². The molecule has 0 bridgehead atoms. The Labute approximate surface area is 101 Å². The molecule has 0 aliphatic carbocycles. The zero-order valence-corrected chi connectivity index (χ0v) is 10.8. The van der Waals surface area contributed by atoms with Gasteiger partial charge in [-0.1, -0.05) is 11.3 Å². The molecular formula is C10H10BrN3S. The van der Waals surface area contributed by atoms with E-state index in [2.05, 4.69) is 55.3 Å². The lowest BCUT2D eigenvalue weighted by molar-refractivity contribution is 1.07. The van der Waals surface area contributed by atoms with Gasteiger partial charge in [0.25, 0.3) is 0 Å². The summed E-state index contributed by atoms with van der Waals surface area (Å²) in [6.45, 7) is 0. The third-order valence-electron chi connectivity index (χ3n) is 2.03. The Morgan fingerprint density at radius 1 is 1.13 bits per heavy atom. The second-order valence-corrected chi connectivity index (χ2v) is 5.56. The summed E-state index contributed by atoms with van der Waals surface area (Å²) < 4.78 is 0.814. The Kier molecular flexibility index (Phi) is 3.02. The van der Waals surface area contributed by atoms with Gasteiger partial charge in [-0.15, -0.1) is 10.2 Å². The van der Waals surface area contributed by atoms with Crippen molar-refractivity contribution in [2.24, 2.45) is 0 Å². The van der Waals surface area contributed by atoms with Crippen LogP contribution in [0, 0.1) is 0 Å². The van der Waals surface area contributed by atoms with Gasteiger partial charge in [0.15, 0.2) is 3.92 Å². The van der Waals surface area contributed by atoms with Gasteiger partial charge in [-0.05, 0) is 40.2 Å². The normalized spacial score (nSPS) is 10.3. The van der Waals surface area contributed by atoms with Crippen molar-refractivity contribution in [3.63, 3.8) is 0 Å². The minimum absolute atomic E-state index is 0.814. The molecule has 0 unspecified atom stereocenters. The lowest BCUT2D eigenvalue weighted by atomic mass is 10.2. The third-order valence-corrected chi connectivity index (χ3v) is 3.44. The predicted octanol–water partition coefficient (Wildman–Crippen LogP) is 3.03. The first-order valence-corrected chi connectivity index (χ1v) is 6.04. The van der Waals surface area contributed by atoms with E-state index < -0.39 is 0 Å². The fourth-order valence-electron chi connectivity index (χ4n) is 1.22. The quantitative estimate of drug-likeness (QED) is 0.848. The van der Waals surface area contributed by atoms with E-state index in [1.807, 2.05) is 14.1 Å². The summed E-state index contributed by atoms with van der Waals surface area (Å²) in [6.07, 6.45) is 0. The number of hydrogen-bond acceptors (Lipinski definition) is 4. The number of anilines is 1. The fourth-order valence-corrected chi connectivity index (χ4v) is 2.34. The summed E-state index contributed by atoms with van der Waals surface area (Å²) in [5, 5.41) is 8.93. The van der Waals surface area contributed by atoms with Gasteiger partial charge in [0.1, 0.15) is 5.01 Å². The lowest BCUT2D eigenvalue weighted by Gasteiger charge is -2.11. The lowest BCUT2D eigenvalue weighted by Crippen LogP contribution is -2.07. The van der Waals surface area contributed by atoms with E-state index in [4.69, 9.17) is 0 Å². The Bertz CT molecular complexity index is 450. The van der Waals surface area contributed by atoms with Crippen molar-refractivity contribution in [2.75, 3.05) is 19.0 Å². The van der Waals surface area contributed by atoms with Crippen LogP contribution in [-0.4, -0.2) is 24.3 Å². The third kappa shape index (κ3) is 2.35. The first kappa shape index (κ1) is 10.6. The summed E-state index contributed by atoms with van der Waals surface area (Å²) >= 11 is 4.84. The van der Waals surface area contributed by atoms with Gasteiger partial charge >= 0.3 is 0 Å². The minimum Gasteiger partial charge on any atom is -0.378 e. The standard InChI is InChI=1S/C10H10BrN3S/c1-14(2)8-5-3-7(4-6-8)9-12-13-10(11)15-9/h3-6H,1-2H3. The first-order chi connectivity index (χ1) is 7.16. The molecule has 0 N–H and O–H groups in total. The smallest absolute Gasteiger partial charge is 0.183 e. The van der Waals surface area contributed by atoms with Gasteiger partial charge in [0.2, 0.25) is 0 Å². The van der Waals surface area contributed by atoms with Gasteiger partial charge in [-0.2, -0.15) is 0 Å². The summed E-state index contributed by atoms with van der Waals surface area (Å²) in [6, 6.07) is 8.26. The molecule has 0 spiro atoms. The molecule has 1 aromatic carbocycles. The second kappa shape index (κ2) is 4.28. The molecule has 0 saturated heterocycles. The SMILES string of the molecule is CN(C)c1ccc(-c2nnc(Br)s2)cc1. The Hall–Kier alpha value is -0.940. The molecule has 78 valence electrons. The number of hydrogen-bond donors (Lipinski definition) is 0. The molecule has 0 saturated carbocycles. The molecule has 2 aromatic rings. The molecule has 0 aliphatic heterocycles. The van der Waals surface area contributed by atoms with E-state index in [0.717, 1.165) is 14.5 Å². The van der Waals surface area contributed by atoms with E-state index in [1.54, 1.807) is 0 Å². The summed E-state index contributed by atoms with van der Waals surface area (Å²) in [4.78, 5) is 2.07. The molecular weight excluding hydrogens is 274 g/mol. The topological polar surface area (TPSA) is 29.0 Å². The van der Waals surface area contributed by atoms with Crippen molar-refractivity contribution in [2.45, 2.75) is 0 Å². The van der Waals surface area contributed by atoms with Crippen molar-refractivity contribution >= 4 is 33.0 Å². The van der Waals surface area contributed by atoms with E-state index in [1.165, 1.54) is 17.0 Å². The van der Waals surface area contributed by atoms with Crippen LogP contribution in [-0.2, 0) is 0 Å². The maximum absolute atomic E-state index is 4.07. The van der Waals surface area contributed by atoms with Crippen LogP contribution in [0.5, 0.6) is 0 Å². The Morgan fingerprint density at radius 3 is 2.27 bits per heavy atom. The molecule has 0 aliphatic rings. The molecule has 0 fully saturated rings. The molecule has 0 atom stereocenters. The van der Waals surface area contributed by atoms with Crippen molar-refractivity contribution in [1.29, 1.82) is 0 Å². The predicted molar refractivity (Wildman–Crippen MR) is 67.4 cm³/mol. The molecule has 1 aromatic heterocycles. The zero-order chi connectivity index (χ0) is 10.8. The average Bonchev–Trinajstić information content (AvgIpc) is 2.65. The first-order valence-electron chi connectivity index (χ1n) is 4.43. The molecule has 0 amide bonds. The number of halogens is 1. The van der Waals surface area contributed by atoms with Gasteiger partial charge in [0.05, 0.1) is 0 Å². The number of benzene rings is 1. The Balaban J connectivity index is 2.31. The summed E-state index contributed by atoms with van der Waals surface area (Å²) in [5.41, 5.74) is 2.28. The fraction of sp³-hybridized carbons (Fsp3) is 0.200. The summed E-state index contributed by atoms with van der Waals surface area (Å²) in [7, 11) is 4.05. The van der Waals surface area contributed by atoms with Crippen LogP contribution in [0.25, 0.3) is 10.6 Å². The number of nitrogens with zero attached hydrogens (tertiary/aromatic N) is 3. The van der Waals surface area contributed by atoms with Crippen molar-refractivity contribution < 1.29 is 0 Å². The van der Waals surface area contributed by atoms with E-state index in [0.29, 0.717) is 0 Å². The van der Waals surface area contributed by atoms with Crippen LogP contribution in [0.4, 0.5) is 5.69 Å². The van der Waals surface area contributed by atoms with Crippen LogP contribution in [0.1, 0.15) is 0 Å². The van der Waals surface area contributed by atoms with Gasteiger partial charge in [0, 0.05) is 25.3 Å². The molecule has 1 heterocycles. The molecule has 2 rings (SSSR count). The molecule has 5 heteroatoms.